The number of amides is 5. The number of unbranched alkanes of at least 4 members (excludes halogenated alkanes) is 3. The maximum absolute atomic E-state index is 13.5. The SMILES string of the molecule is CN1CCN(C(=O)CCCCCOc2ccccc2N(C)C(=O)c2ccc(NC(=O)c3ccccc3OCCCCN3C(=O)c4ccccc4C3=O)cc2)CC1. The molecule has 56 heavy (non-hydrogen) atoms. The van der Waals surface area contributed by atoms with E-state index in [1.165, 1.54) is 4.90 Å². The molecule has 1 N–H and O–H groups in total. The molecule has 5 amide bonds. The third-order valence-electron chi connectivity index (χ3n) is 10.1. The van der Waals surface area contributed by atoms with Crippen molar-refractivity contribution in [2.45, 2.75) is 38.5 Å². The monoisotopic (exact) mass is 759 g/mol. The maximum atomic E-state index is 13.5. The summed E-state index contributed by atoms with van der Waals surface area (Å²) in [5.74, 6) is 0.0806. The van der Waals surface area contributed by atoms with Crippen LogP contribution in [0.5, 0.6) is 11.5 Å². The van der Waals surface area contributed by atoms with Gasteiger partial charge in [0.25, 0.3) is 23.6 Å². The Balaban J connectivity index is 0.942. The lowest BCUT2D eigenvalue weighted by atomic mass is 10.1. The molecule has 2 aliphatic heterocycles. The van der Waals surface area contributed by atoms with Crippen LogP contribution in [0.3, 0.4) is 0 Å². The lowest BCUT2D eigenvalue weighted by Crippen LogP contribution is -2.47. The Kier molecular flexibility index (Phi) is 13.5. The molecule has 0 aromatic heterocycles. The summed E-state index contributed by atoms with van der Waals surface area (Å²) in [7, 11) is 3.78. The molecular formula is C44H49N5O7. The highest BCUT2D eigenvalue weighted by molar-refractivity contribution is 6.21. The van der Waals surface area contributed by atoms with Gasteiger partial charge >= 0.3 is 0 Å². The molecule has 12 heteroatoms. The summed E-state index contributed by atoms with van der Waals surface area (Å²) in [6.45, 7) is 4.49. The summed E-state index contributed by atoms with van der Waals surface area (Å²) in [5.41, 5.74) is 2.80. The Labute approximate surface area is 328 Å². The van der Waals surface area contributed by atoms with Crippen molar-refractivity contribution < 1.29 is 33.4 Å². The summed E-state index contributed by atoms with van der Waals surface area (Å²) in [5, 5.41) is 2.89. The van der Waals surface area contributed by atoms with Crippen LogP contribution < -0.4 is 19.7 Å². The summed E-state index contributed by atoms with van der Waals surface area (Å²) in [6, 6.07) is 27.8. The predicted molar refractivity (Wildman–Crippen MR) is 215 cm³/mol. The Morgan fingerprint density at radius 2 is 1.27 bits per heavy atom. The molecule has 4 aromatic rings. The normalized spacial score (nSPS) is 14.0. The van der Waals surface area contributed by atoms with Crippen LogP contribution in [-0.4, -0.2) is 104 Å². The number of imide groups is 1. The van der Waals surface area contributed by atoms with Gasteiger partial charge in [0.15, 0.2) is 0 Å². The zero-order valence-corrected chi connectivity index (χ0v) is 32.1. The van der Waals surface area contributed by atoms with Gasteiger partial charge in [-0.2, -0.15) is 0 Å². The van der Waals surface area contributed by atoms with Gasteiger partial charge < -0.3 is 29.5 Å². The fraction of sp³-hybridized carbons (Fsp3) is 0.341. The van der Waals surface area contributed by atoms with Gasteiger partial charge in [0, 0.05) is 57.4 Å². The number of likely N-dealkylation sites (N-methyl/N-ethyl adjacent to an activating group) is 1. The quantitative estimate of drug-likeness (QED) is 0.0971. The van der Waals surface area contributed by atoms with E-state index in [2.05, 4.69) is 17.3 Å². The van der Waals surface area contributed by atoms with Crippen LogP contribution in [0.15, 0.2) is 97.1 Å². The number of hydrogen-bond donors (Lipinski definition) is 1. The van der Waals surface area contributed by atoms with Crippen molar-refractivity contribution in [1.29, 1.82) is 0 Å². The van der Waals surface area contributed by atoms with E-state index in [0.717, 1.165) is 45.4 Å². The molecule has 2 aliphatic rings. The predicted octanol–water partition coefficient (Wildman–Crippen LogP) is 6.38. The van der Waals surface area contributed by atoms with E-state index >= 15 is 0 Å². The van der Waals surface area contributed by atoms with E-state index in [1.807, 2.05) is 29.2 Å². The van der Waals surface area contributed by atoms with Gasteiger partial charge in [0.1, 0.15) is 11.5 Å². The fourth-order valence-corrected chi connectivity index (χ4v) is 6.78. The van der Waals surface area contributed by atoms with Gasteiger partial charge in [0.2, 0.25) is 5.91 Å². The number of carbonyl (C=O) groups is 5. The average molecular weight is 760 g/mol. The number of rotatable bonds is 17. The Morgan fingerprint density at radius 1 is 0.679 bits per heavy atom. The van der Waals surface area contributed by atoms with Gasteiger partial charge in [-0.3, -0.25) is 28.9 Å². The van der Waals surface area contributed by atoms with Gasteiger partial charge in [-0.1, -0.05) is 36.4 Å². The number of benzene rings is 4. The first kappa shape index (κ1) is 39.7. The van der Waals surface area contributed by atoms with Crippen LogP contribution in [0.2, 0.25) is 0 Å². The third kappa shape index (κ3) is 9.80. The lowest BCUT2D eigenvalue weighted by Gasteiger charge is -2.32. The molecule has 0 aliphatic carbocycles. The molecule has 6 rings (SSSR count). The van der Waals surface area contributed by atoms with Crippen LogP contribution >= 0.6 is 0 Å². The highest BCUT2D eigenvalue weighted by Crippen LogP contribution is 2.29. The topological polar surface area (TPSA) is 129 Å². The summed E-state index contributed by atoms with van der Waals surface area (Å²) in [6.07, 6.45) is 4.17. The van der Waals surface area contributed by atoms with Crippen molar-refractivity contribution >= 4 is 40.9 Å². The van der Waals surface area contributed by atoms with Gasteiger partial charge in [-0.05, 0) is 99.8 Å². The Bertz CT molecular complexity index is 1990. The Hall–Kier alpha value is -6.01. The molecular weight excluding hydrogens is 711 g/mol. The number of para-hydroxylation sites is 3. The molecule has 0 radical (unpaired) electrons. The molecule has 4 aromatic carbocycles. The van der Waals surface area contributed by atoms with Gasteiger partial charge in [-0.15, -0.1) is 0 Å². The van der Waals surface area contributed by atoms with Crippen molar-refractivity contribution in [1.82, 2.24) is 14.7 Å². The van der Waals surface area contributed by atoms with Crippen LogP contribution in [0.1, 0.15) is 80.0 Å². The summed E-state index contributed by atoms with van der Waals surface area (Å²) in [4.78, 5) is 71.6. The first-order valence-electron chi connectivity index (χ1n) is 19.3. The number of piperazine rings is 1. The molecule has 1 fully saturated rings. The number of fused-ring (bicyclic) bond motifs is 1. The minimum atomic E-state index is -0.365. The number of nitrogens with zero attached hydrogens (tertiary/aromatic N) is 4. The zero-order chi connectivity index (χ0) is 39.4. The molecule has 0 unspecified atom stereocenters. The van der Waals surface area contributed by atoms with Crippen molar-refractivity contribution in [3.05, 3.63) is 119 Å². The first-order valence-corrected chi connectivity index (χ1v) is 19.3. The maximum Gasteiger partial charge on any atom is 0.261 e. The van der Waals surface area contributed by atoms with Crippen LogP contribution in [0.4, 0.5) is 11.4 Å². The molecule has 12 nitrogen and oxygen atoms in total. The molecule has 0 saturated carbocycles. The fourth-order valence-electron chi connectivity index (χ4n) is 6.78. The molecule has 1 saturated heterocycles. The number of carbonyl (C=O) groups excluding carboxylic acids is 5. The molecule has 292 valence electrons. The van der Waals surface area contributed by atoms with Crippen molar-refractivity contribution in [2.75, 3.05) is 70.2 Å². The van der Waals surface area contributed by atoms with Crippen LogP contribution in [0, 0.1) is 0 Å². The van der Waals surface area contributed by atoms with Crippen molar-refractivity contribution in [3.63, 3.8) is 0 Å². The van der Waals surface area contributed by atoms with E-state index in [-0.39, 0.29) is 36.1 Å². The largest absolute Gasteiger partial charge is 0.493 e. The number of anilines is 2. The van der Waals surface area contributed by atoms with Crippen LogP contribution in [-0.2, 0) is 4.79 Å². The van der Waals surface area contributed by atoms with E-state index in [1.54, 1.807) is 84.7 Å². The zero-order valence-electron chi connectivity index (χ0n) is 32.1. The van der Waals surface area contributed by atoms with E-state index in [9.17, 15) is 24.0 Å². The summed E-state index contributed by atoms with van der Waals surface area (Å²) >= 11 is 0. The second kappa shape index (κ2) is 19.0. The highest BCUT2D eigenvalue weighted by Gasteiger charge is 2.34. The first-order chi connectivity index (χ1) is 27.2. The number of nitrogens with one attached hydrogen (secondary N) is 1. The van der Waals surface area contributed by atoms with E-state index in [0.29, 0.717) is 77.6 Å². The van der Waals surface area contributed by atoms with Crippen molar-refractivity contribution in [3.8, 4) is 11.5 Å². The second-order valence-corrected chi connectivity index (χ2v) is 14.1. The minimum Gasteiger partial charge on any atom is -0.493 e. The standard InChI is InChI=1S/C44H49N5O7/c1-46-26-28-48(29-27-46)40(50)20-4-3-12-30-56-39-19-10-8-17-37(39)47(2)42(52)32-21-23-33(24-22-32)45-41(51)36-16-7-9-18-38(36)55-31-13-11-25-49-43(53)34-14-5-6-15-35(34)44(49)54/h5-10,14-19,21-24H,3-4,11-13,20,25-31H2,1-2H3,(H,45,51). The molecule has 2 heterocycles. The van der Waals surface area contributed by atoms with Gasteiger partial charge in [-0.25, -0.2) is 0 Å². The smallest absolute Gasteiger partial charge is 0.261 e. The number of ether oxygens (including phenoxy) is 2. The molecule has 0 bridgehead atoms. The average Bonchev–Trinajstić information content (AvgIpc) is 3.47. The van der Waals surface area contributed by atoms with Gasteiger partial charge in [0.05, 0.1) is 35.6 Å². The Morgan fingerprint density at radius 3 is 1.96 bits per heavy atom. The third-order valence-corrected chi connectivity index (χ3v) is 10.1. The summed E-state index contributed by atoms with van der Waals surface area (Å²) < 4.78 is 12.0. The lowest BCUT2D eigenvalue weighted by molar-refractivity contribution is -0.132. The molecule has 0 spiro atoms. The minimum absolute atomic E-state index is 0.223. The van der Waals surface area contributed by atoms with Crippen LogP contribution in [0.25, 0.3) is 0 Å². The van der Waals surface area contributed by atoms with E-state index < -0.39 is 0 Å². The van der Waals surface area contributed by atoms with E-state index in [4.69, 9.17) is 9.47 Å². The highest BCUT2D eigenvalue weighted by atomic mass is 16.5. The second-order valence-electron chi connectivity index (χ2n) is 14.1. The van der Waals surface area contributed by atoms with Crippen molar-refractivity contribution in [2.24, 2.45) is 0 Å². The number of hydrogen-bond acceptors (Lipinski definition) is 8. The molecule has 0 atom stereocenters.